The molecule has 12 heteroatoms. The van der Waals surface area contributed by atoms with Crippen LogP contribution in [0.1, 0.15) is 20.3 Å². The standard InChI is InChI=1S/C14H18N2O7S2.Na/c1-7(23-25(3,21)22)11-9-6-10(24-5-4-15-8(2)17)12(14(19)20)16(9)13(11)18;/h4-5,7,9,11H,6H2,1-3H3,(H,15,17)(H,19,20);/q;+1/p-1/b5-4+;/t7-,9+,11-;/m0./s1. The molecule has 0 spiro atoms. The van der Waals surface area contributed by atoms with E-state index in [9.17, 15) is 27.9 Å². The quantitative estimate of drug-likeness (QED) is 0.253. The van der Waals surface area contributed by atoms with Crippen LogP contribution in [-0.2, 0) is 28.7 Å². The first-order valence-electron chi connectivity index (χ1n) is 7.27. The van der Waals surface area contributed by atoms with Gasteiger partial charge in [0.1, 0.15) is 0 Å². The van der Waals surface area contributed by atoms with Crippen LogP contribution < -0.4 is 40.0 Å². The average Bonchev–Trinajstić information content (AvgIpc) is 2.76. The molecule has 1 N–H and O–H groups in total. The molecule has 0 aromatic rings. The Morgan fingerprint density at radius 3 is 2.58 bits per heavy atom. The zero-order chi connectivity index (χ0) is 18.9. The van der Waals surface area contributed by atoms with Crippen molar-refractivity contribution in [2.75, 3.05) is 6.26 Å². The summed E-state index contributed by atoms with van der Waals surface area (Å²) in [7, 11) is -3.74. The zero-order valence-corrected chi connectivity index (χ0v) is 18.3. The molecule has 0 saturated carbocycles. The summed E-state index contributed by atoms with van der Waals surface area (Å²) in [5.41, 5.74) is -0.227. The number of β-lactam (4-membered cyclic amide) rings is 1. The van der Waals surface area contributed by atoms with E-state index in [1.807, 2.05) is 0 Å². The van der Waals surface area contributed by atoms with E-state index < -0.39 is 40.1 Å². The molecule has 2 amide bonds. The number of fused-ring (bicyclic) bond motifs is 1. The minimum atomic E-state index is -3.74. The van der Waals surface area contributed by atoms with Crippen LogP contribution in [-0.4, -0.2) is 49.5 Å². The van der Waals surface area contributed by atoms with E-state index >= 15 is 0 Å². The number of aliphatic carboxylic acids is 1. The van der Waals surface area contributed by atoms with E-state index in [4.69, 9.17) is 4.18 Å². The minimum absolute atomic E-state index is 0. The van der Waals surface area contributed by atoms with Crippen molar-refractivity contribution in [2.24, 2.45) is 5.92 Å². The Morgan fingerprint density at radius 2 is 2.08 bits per heavy atom. The van der Waals surface area contributed by atoms with Crippen molar-refractivity contribution >= 4 is 39.7 Å². The van der Waals surface area contributed by atoms with Gasteiger partial charge >= 0.3 is 29.6 Å². The number of carboxylic acid groups (broad SMARTS) is 1. The van der Waals surface area contributed by atoms with Crippen molar-refractivity contribution in [2.45, 2.75) is 32.4 Å². The van der Waals surface area contributed by atoms with Crippen molar-refractivity contribution in [1.29, 1.82) is 0 Å². The first-order chi connectivity index (χ1) is 11.5. The molecule has 1 fully saturated rings. The van der Waals surface area contributed by atoms with Crippen molar-refractivity contribution < 1.29 is 61.6 Å². The predicted octanol–water partition coefficient (Wildman–Crippen LogP) is -4.11. The molecule has 2 rings (SSSR count). The average molecular weight is 412 g/mol. The largest absolute Gasteiger partial charge is 1.00 e. The monoisotopic (exact) mass is 412 g/mol. The number of carboxylic acids is 1. The van der Waals surface area contributed by atoms with E-state index in [1.165, 1.54) is 25.5 Å². The molecular formula is C14H17N2NaO7S2. The van der Waals surface area contributed by atoms with Gasteiger partial charge in [0.25, 0.3) is 10.1 Å². The molecule has 0 unspecified atom stereocenters. The van der Waals surface area contributed by atoms with Crippen molar-refractivity contribution in [3.8, 4) is 0 Å². The molecule has 0 aromatic carbocycles. The Hall–Kier alpha value is -0.850. The molecule has 2 heterocycles. The van der Waals surface area contributed by atoms with E-state index in [-0.39, 0.29) is 47.6 Å². The summed E-state index contributed by atoms with van der Waals surface area (Å²) < 4.78 is 27.3. The van der Waals surface area contributed by atoms with Gasteiger partial charge in [0, 0.05) is 24.4 Å². The van der Waals surface area contributed by atoms with Gasteiger partial charge in [0.2, 0.25) is 11.8 Å². The van der Waals surface area contributed by atoms with Gasteiger partial charge in [0.05, 0.1) is 36.0 Å². The first-order valence-corrected chi connectivity index (χ1v) is 9.97. The maximum absolute atomic E-state index is 12.3. The van der Waals surface area contributed by atoms with Crippen LogP contribution in [0.4, 0.5) is 0 Å². The zero-order valence-electron chi connectivity index (χ0n) is 14.7. The number of carbonyl (C=O) groups excluding carboxylic acids is 3. The van der Waals surface area contributed by atoms with Crippen molar-refractivity contribution in [3.05, 3.63) is 22.2 Å². The van der Waals surface area contributed by atoms with Gasteiger partial charge in [-0.2, -0.15) is 8.42 Å². The second-order valence-corrected chi connectivity index (χ2v) is 8.29. The number of nitrogens with one attached hydrogen (secondary N) is 1. The molecule has 0 aromatic heterocycles. The fourth-order valence-electron chi connectivity index (χ4n) is 2.92. The predicted molar refractivity (Wildman–Crippen MR) is 86.7 cm³/mol. The van der Waals surface area contributed by atoms with E-state index in [0.717, 1.165) is 22.9 Å². The smallest absolute Gasteiger partial charge is 0.543 e. The number of hydrogen-bond donors (Lipinski definition) is 1. The molecule has 0 bridgehead atoms. The normalized spacial score (nSPS) is 23.3. The Bertz CT molecular complexity index is 778. The summed E-state index contributed by atoms with van der Waals surface area (Å²) in [5.74, 6) is -3.02. The fraction of sp³-hybridized carbons (Fsp3) is 0.500. The third-order valence-corrected chi connectivity index (χ3v) is 5.33. The van der Waals surface area contributed by atoms with Gasteiger partial charge < -0.3 is 20.1 Å². The third kappa shape index (κ3) is 5.11. The summed E-state index contributed by atoms with van der Waals surface area (Å²) in [4.78, 5) is 36.0. The number of carbonyl (C=O) groups is 3. The summed E-state index contributed by atoms with van der Waals surface area (Å²) in [5, 5.41) is 15.3. The van der Waals surface area contributed by atoms with Gasteiger partial charge in [-0.15, -0.1) is 0 Å². The van der Waals surface area contributed by atoms with Gasteiger partial charge in [-0.05, 0) is 12.3 Å². The van der Waals surface area contributed by atoms with Crippen LogP contribution in [0.3, 0.4) is 0 Å². The molecule has 9 nitrogen and oxygen atoms in total. The van der Waals surface area contributed by atoms with E-state index in [0.29, 0.717) is 4.91 Å². The Balaban J connectivity index is 0.00000338. The number of nitrogens with zero attached hydrogens (tertiary/aromatic N) is 1. The summed E-state index contributed by atoms with van der Waals surface area (Å²) in [6.45, 7) is 2.79. The van der Waals surface area contributed by atoms with Gasteiger partial charge in [-0.3, -0.25) is 13.8 Å². The summed E-state index contributed by atoms with van der Waals surface area (Å²) in [6.07, 6.45) is 1.59. The van der Waals surface area contributed by atoms with Crippen LogP contribution in [0.25, 0.3) is 0 Å². The van der Waals surface area contributed by atoms with E-state index in [1.54, 1.807) is 0 Å². The molecule has 0 aliphatic carbocycles. The molecule has 3 atom stereocenters. The summed E-state index contributed by atoms with van der Waals surface area (Å²) >= 11 is 1.05. The number of amides is 2. The molecule has 26 heavy (non-hydrogen) atoms. The second kappa shape index (κ2) is 8.89. The van der Waals surface area contributed by atoms with E-state index in [2.05, 4.69) is 5.32 Å². The first kappa shape index (κ1) is 23.2. The molecule has 138 valence electrons. The van der Waals surface area contributed by atoms with Gasteiger partial charge in [-0.25, -0.2) is 0 Å². The Labute approximate surface area is 177 Å². The second-order valence-electron chi connectivity index (χ2n) is 5.69. The summed E-state index contributed by atoms with van der Waals surface area (Å²) in [6, 6.07) is -0.492. The number of thioether (sulfide) groups is 1. The number of rotatable bonds is 7. The molecule has 2 aliphatic heterocycles. The SMILES string of the molecule is CC(=O)N/C=C/SC1=C(C(=O)[O-])N2C(=O)[C@@H]([C@H](C)OS(C)(=O)=O)[C@H]2C1.[Na+]. The molecule has 2 aliphatic rings. The van der Waals surface area contributed by atoms with Crippen LogP contribution in [0.2, 0.25) is 0 Å². The maximum Gasteiger partial charge on any atom is 1.00 e. The van der Waals surface area contributed by atoms with Crippen molar-refractivity contribution in [1.82, 2.24) is 10.2 Å². The maximum atomic E-state index is 12.3. The van der Waals surface area contributed by atoms with Crippen LogP contribution in [0.5, 0.6) is 0 Å². The van der Waals surface area contributed by atoms with Gasteiger partial charge in [0.15, 0.2) is 0 Å². The third-order valence-electron chi connectivity index (χ3n) is 3.76. The Kier molecular flexibility index (Phi) is 7.93. The van der Waals surface area contributed by atoms with Gasteiger partial charge in [-0.1, -0.05) is 11.8 Å². The molecule has 0 radical (unpaired) electrons. The Morgan fingerprint density at radius 1 is 1.46 bits per heavy atom. The topological polar surface area (TPSA) is 133 Å². The fourth-order valence-corrected chi connectivity index (χ4v) is 4.45. The van der Waals surface area contributed by atoms with Crippen LogP contribution >= 0.6 is 11.8 Å². The van der Waals surface area contributed by atoms with Crippen LogP contribution in [0.15, 0.2) is 22.2 Å². The van der Waals surface area contributed by atoms with Crippen LogP contribution in [0, 0.1) is 5.92 Å². The minimum Gasteiger partial charge on any atom is -0.543 e. The molecule has 1 saturated heterocycles. The van der Waals surface area contributed by atoms with Crippen molar-refractivity contribution in [3.63, 3.8) is 0 Å². The number of hydrogen-bond acceptors (Lipinski definition) is 8. The molecular weight excluding hydrogens is 395 g/mol.